The first-order valence-corrected chi connectivity index (χ1v) is 24.2. The molecule has 0 saturated heterocycles. The number of hydrogen-bond donors (Lipinski definition) is 0. The first-order valence-electron chi connectivity index (χ1n) is 22.6. The Bertz CT molecular complexity index is 4380. The Morgan fingerprint density at radius 1 is 0.362 bits per heavy atom. The normalized spacial score (nSPS) is 11.8. The van der Waals surface area contributed by atoms with Gasteiger partial charge in [0.25, 0.3) is 0 Å². The monoisotopic (exact) mass is 921 g/mol. The van der Waals surface area contributed by atoms with Gasteiger partial charge in [0.2, 0.25) is 5.95 Å². The highest BCUT2D eigenvalue weighted by Crippen LogP contribution is 2.43. The highest BCUT2D eigenvalue weighted by molar-refractivity contribution is 7.26. The van der Waals surface area contributed by atoms with Crippen molar-refractivity contribution in [2.24, 2.45) is 0 Å². The Labute approximate surface area is 401 Å². The third-order valence-corrected chi connectivity index (χ3v) is 15.1. The van der Waals surface area contributed by atoms with Gasteiger partial charge in [0, 0.05) is 70.4 Å². The molecule has 69 heavy (non-hydrogen) atoms. The second kappa shape index (κ2) is 15.9. The Kier molecular flexibility index (Phi) is 9.04. The molecule has 0 aliphatic heterocycles. The van der Waals surface area contributed by atoms with E-state index in [4.69, 9.17) is 19.9 Å². The molecule has 0 unspecified atom stereocenters. The molecular weight excluding hydrogens is 887 g/mol. The highest BCUT2D eigenvalue weighted by Gasteiger charge is 2.23. The summed E-state index contributed by atoms with van der Waals surface area (Å²) in [6.07, 6.45) is 5.38. The lowest BCUT2D eigenvalue weighted by molar-refractivity contribution is 0.956. The maximum atomic E-state index is 5.15. The smallest absolute Gasteiger partial charge is 0.239 e. The summed E-state index contributed by atoms with van der Waals surface area (Å²) in [5, 5.41) is 7.28. The summed E-state index contributed by atoms with van der Waals surface area (Å²) in [5.41, 5.74) is 10.4. The number of para-hydroxylation sites is 3. The molecule has 0 aliphatic carbocycles. The number of fused-ring (bicyclic) bond motifs is 13. The average molecular weight is 922 g/mol. The molecule has 0 N–H and O–H groups in total. The van der Waals surface area contributed by atoms with Gasteiger partial charge in [-0.15, -0.1) is 22.7 Å². The van der Waals surface area contributed by atoms with E-state index in [2.05, 4.69) is 175 Å². The molecule has 15 rings (SSSR count). The molecule has 0 fully saturated rings. The Hall–Kier alpha value is -8.90. The molecule has 9 nitrogen and oxygen atoms in total. The molecule has 15 aromatic rings. The fourth-order valence-electron chi connectivity index (χ4n) is 9.81. The van der Waals surface area contributed by atoms with Crippen molar-refractivity contribution < 1.29 is 0 Å². The second-order valence-electron chi connectivity index (χ2n) is 16.8. The summed E-state index contributed by atoms with van der Waals surface area (Å²) < 4.78 is 9.22. The zero-order valence-electron chi connectivity index (χ0n) is 36.5. The molecule has 11 heteroatoms. The van der Waals surface area contributed by atoms with Gasteiger partial charge < -0.3 is 4.57 Å². The maximum Gasteiger partial charge on any atom is 0.239 e. The molecule has 0 amide bonds. The third kappa shape index (κ3) is 6.28. The molecule has 0 aliphatic rings. The van der Waals surface area contributed by atoms with E-state index < -0.39 is 0 Å². The van der Waals surface area contributed by atoms with Crippen molar-refractivity contribution in [2.45, 2.75) is 0 Å². The Morgan fingerprint density at radius 3 is 1.52 bits per heavy atom. The summed E-state index contributed by atoms with van der Waals surface area (Å²) in [5.74, 6) is 1.81. The van der Waals surface area contributed by atoms with E-state index in [9.17, 15) is 0 Å². The molecule has 324 valence electrons. The molecule has 8 heterocycles. The van der Waals surface area contributed by atoms with Gasteiger partial charge >= 0.3 is 0 Å². The zero-order valence-corrected chi connectivity index (χ0v) is 38.2. The first-order chi connectivity index (χ1) is 34.2. The standard InChI is InChI=1S/C40H24N6S.C18H11N3S/c1-2-11-25(12-3-1)37-42-38(26-20-22-27(23-21-26)45-31-16-7-4-13-28(31)29-14-5-8-17-32(29)45)44-40(43-37)46-33-18-10-24-41-36(33)35-30-15-6-9-19-34(30)47-39(35)46;1-2-6-12(7-3-1)21-14-10-19-11-20-17(14)16-13-8-4-5-9-15(13)22-18(16)21/h1-24H;1-11H. The summed E-state index contributed by atoms with van der Waals surface area (Å²) in [4.78, 5) is 31.2. The zero-order chi connectivity index (χ0) is 45.4. The van der Waals surface area contributed by atoms with Crippen LogP contribution in [0.3, 0.4) is 0 Å². The predicted octanol–water partition coefficient (Wildman–Crippen LogP) is 14.8. The summed E-state index contributed by atoms with van der Waals surface area (Å²) in [7, 11) is 0. The molecule has 0 atom stereocenters. The number of pyridine rings is 1. The van der Waals surface area contributed by atoms with Crippen molar-refractivity contribution in [2.75, 3.05) is 0 Å². The SMILES string of the molecule is c1ccc(-c2nc(-c3ccc(-n4c5ccccc5c5ccccc54)cc3)nc(-n3c4cccnc4c4c5ccccc5sc43)n2)cc1.c1ccc(-n2c3cncnc3c3c4ccccc4sc32)cc1. The minimum absolute atomic E-state index is 0.569. The van der Waals surface area contributed by atoms with Gasteiger partial charge in [0.1, 0.15) is 21.5 Å². The lowest BCUT2D eigenvalue weighted by Crippen LogP contribution is -2.06. The van der Waals surface area contributed by atoms with Crippen LogP contribution in [0.15, 0.2) is 213 Å². The number of aromatic nitrogens is 9. The third-order valence-electron chi connectivity index (χ3n) is 12.8. The van der Waals surface area contributed by atoms with Crippen LogP contribution in [-0.2, 0) is 0 Å². The van der Waals surface area contributed by atoms with Gasteiger partial charge in [-0.3, -0.25) is 14.1 Å². The quantitative estimate of drug-likeness (QED) is 0.171. The van der Waals surface area contributed by atoms with E-state index in [0.29, 0.717) is 17.6 Å². The Balaban J connectivity index is 0.000000169. The molecular formula is C58H35N9S2. The van der Waals surface area contributed by atoms with Crippen molar-refractivity contribution in [3.8, 4) is 40.1 Å². The lowest BCUT2D eigenvalue weighted by Gasteiger charge is -2.11. The largest absolute Gasteiger partial charge is 0.309 e. The topological polar surface area (TPSA) is 92.1 Å². The number of thiophene rings is 2. The van der Waals surface area contributed by atoms with Crippen molar-refractivity contribution >= 4 is 107 Å². The van der Waals surface area contributed by atoms with Crippen LogP contribution in [0.1, 0.15) is 0 Å². The number of hydrogen-bond acceptors (Lipinski definition) is 8. The van der Waals surface area contributed by atoms with Crippen LogP contribution in [0.2, 0.25) is 0 Å². The van der Waals surface area contributed by atoms with Crippen LogP contribution >= 0.6 is 22.7 Å². The van der Waals surface area contributed by atoms with E-state index in [1.807, 2.05) is 54.9 Å². The fourth-order valence-corrected chi connectivity index (χ4v) is 12.3. The highest BCUT2D eigenvalue weighted by atomic mass is 32.1. The summed E-state index contributed by atoms with van der Waals surface area (Å²) in [6.45, 7) is 0. The van der Waals surface area contributed by atoms with E-state index in [-0.39, 0.29) is 0 Å². The molecule has 0 radical (unpaired) electrons. The number of rotatable bonds is 5. The summed E-state index contributed by atoms with van der Waals surface area (Å²) >= 11 is 3.54. The maximum absolute atomic E-state index is 5.15. The van der Waals surface area contributed by atoms with E-state index in [1.165, 1.54) is 52.2 Å². The predicted molar refractivity (Wildman–Crippen MR) is 284 cm³/mol. The number of nitrogens with zero attached hydrogens (tertiary/aromatic N) is 9. The van der Waals surface area contributed by atoms with Crippen LogP contribution in [-0.4, -0.2) is 43.6 Å². The van der Waals surface area contributed by atoms with Gasteiger partial charge in [-0.05, 0) is 72.8 Å². The van der Waals surface area contributed by atoms with E-state index >= 15 is 0 Å². The van der Waals surface area contributed by atoms with Gasteiger partial charge in [-0.2, -0.15) is 9.97 Å². The van der Waals surface area contributed by atoms with Crippen LogP contribution < -0.4 is 0 Å². The molecule has 8 aromatic heterocycles. The first kappa shape index (κ1) is 39.3. The van der Waals surface area contributed by atoms with Gasteiger partial charge in [-0.25, -0.2) is 15.0 Å². The molecule has 0 saturated carbocycles. The lowest BCUT2D eigenvalue weighted by atomic mass is 10.1. The van der Waals surface area contributed by atoms with E-state index in [0.717, 1.165) is 54.8 Å². The fraction of sp³-hybridized carbons (Fsp3) is 0. The van der Waals surface area contributed by atoms with Gasteiger partial charge in [0.05, 0.1) is 33.8 Å². The second-order valence-corrected chi connectivity index (χ2v) is 18.8. The molecule has 7 aromatic carbocycles. The van der Waals surface area contributed by atoms with Crippen molar-refractivity contribution in [1.29, 1.82) is 0 Å². The van der Waals surface area contributed by atoms with Gasteiger partial charge in [-0.1, -0.05) is 121 Å². The van der Waals surface area contributed by atoms with E-state index in [1.54, 1.807) is 29.0 Å². The Morgan fingerprint density at radius 2 is 0.870 bits per heavy atom. The van der Waals surface area contributed by atoms with Crippen molar-refractivity contribution in [3.63, 3.8) is 0 Å². The average Bonchev–Trinajstić information content (AvgIpc) is 4.22. The van der Waals surface area contributed by atoms with Crippen molar-refractivity contribution in [1.82, 2.24) is 43.6 Å². The van der Waals surface area contributed by atoms with Crippen LogP contribution in [0.25, 0.3) is 125 Å². The molecule has 0 bridgehead atoms. The molecule has 0 spiro atoms. The summed E-state index contributed by atoms with van der Waals surface area (Å²) in [6, 6.07) is 67.2. The number of benzene rings is 7. The minimum atomic E-state index is 0.569. The van der Waals surface area contributed by atoms with Crippen molar-refractivity contribution in [3.05, 3.63) is 213 Å². The minimum Gasteiger partial charge on any atom is -0.309 e. The van der Waals surface area contributed by atoms with Crippen LogP contribution in [0, 0.1) is 0 Å². The van der Waals surface area contributed by atoms with Gasteiger partial charge in [0.15, 0.2) is 11.6 Å². The van der Waals surface area contributed by atoms with Crippen LogP contribution in [0.5, 0.6) is 0 Å². The van der Waals surface area contributed by atoms with Crippen LogP contribution in [0.4, 0.5) is 0 Å².